The Hall–Kier alpha value is -1.40. The van der Waals surface area contributed by atoms with E-state index in [1.807, 2.05) is 0 Å². The van der Waals surface area contributed by atoms with Crippen molar-refractivity contribution in [3.63, 3.8) is 0 Å². The minimum absolute atomic E-state index is 0.110. The quantitative estimate of drug-likeness (QED) is 0.629. The maximum absolute atomic E-state index is 11.1. The Kier molecular flexibility index (Phi) is 4.09. The van der Waals surface area contributed by atoms with Gasteiger partial charge >= 0.3 is 5.69 Å². The van der Waals surface area contributed by atoms with Gasteiger partial charge in [-0.2, -0.15) is 0 Å². The molecule has 1 aromatic heterocycles. The number of methoxy groups -OCH3 is 1. The van der Waals surface area contributed by atoms with E-state index in [1.54, 1.807) is 7.11 Å². The van der Waals surface area contributed by atoms with Gasteiger partial charge in [-0.25, -0.2) is 4.79 Å². The molecule has 0 spiro atoms. The zero-order valence-electron chi connectivity index (χ0n) is 7.86. The van der Waals surface area contributed by atoms with Gasteiger partial charge in [-0.1, -0.05) is 0 Å². The molecule has 1 N–H and O–H groups in total. The highest BCUT2D eigenvalue weighted by Crippen LogP contribution is 1.80. The van der Waals surface area contributed by atoms with Gasteiger partial charge in [0.05, 0.1) is 13.2 Å². The molecule has 1 rings (SSSR count). The largest absolute Gasteiger partial charge is 0.382 e. The predicted molar refractivity (Wildman–Crippen MR) is 49.2 cm³/mol. The maximum atomic E-state index is 11.1. The van der Waals surface area contributed by atoms with Crippen molar-refractivity contribution in [2.75, 3.05) is 20.3 Å². The molecule has 0 unspecified atom stereocenters. The molecule has 0 saturated carbocycles. The van der Waals surface area contributed by atoms with Crippen LogP contribution in [0.2, 0.25) is 0 Å². The van der Waals surface area contributed by atoms with Crippen molar-refractivity contribution in [2.45, 2.75) is 6.73 Å². The first-order valence-electron chi connectivity index (χ1n) is 4.10. The molecule has 0 amide bonds. The number of hydrogen-bond acceptors (Lipinski definition) is 4. The molecule has 1 heterocycles. The summed E-state index contributed by atoms with van der Waals surface area (Å²) in [5.41, 5.74) is -0.891. The lowest BCUT2D eigenvalue weighted by Crippen LogP contribution is -2.29. The third-order valence-electron chi connectivity index (χ3n) is 1.56. The van der Waals surface area contributed by atoms with E-state index in [4.69, 9.17) is 9.47 Å². The summed E-state index contributed by atoms with van der Waals surface area (Å²) in [7, 11) is 1.57. The number of nitrogens with one attached hydrogen (secondary N) is 1. The van der Waals surface area contributed by atoms with Crippen LogP contribution >= 0.6 is 0 Å². The lowest BCUT2D eigenvalue weighted by Gasteiger charge is -2.04. The normalized spacial score (nSPS) is 10.4. The summed E-state index contributed by atoms with van der Waals surface area (Å²) in [6.45, 7) is 0.985. The summed E-state index contributed by atoms with van der Waals surface area (Å²) < 4.78 is 11.1. The van der Waals surface area contributed by atoms with Crippen LogP contribution in [-0.2, 0) is 16.2 Å². The number of aromatic nitrogens is 2. The molecular weight excluding hydrogens is 188 g/mol. The minimum Gasteiger partial charge on any atom is -0.382 e. The van der Waals surface area contributed by atoms with Crippen molar-refractivity contribution in [1.82, 2.24) is 9.55 Å². The van der Waals surface area contributed by atoms with Gasteiger partial charge in [0.1, 0.15) is 6.73 Å². The summed E-state index contributed by atoms with van der Waals surface area (Å²) in [5.74, 6) is 0. The highest BCUT2D eigenvalue weighted by molar-refractivity contribution is 4.81. The first kappa shape index (κ1) is 10.7. The topological polar surface area (TPSA) is 73.3 Å². The van der Waals surface area contributed by atoms with E-state index in [9.17, 15) is 9.59 Å². The molecule has 0 saturated heterocycles. The molecule has 0 aromatic carbocycles. The fraction of sp³-hybridized carbons (Fsp3) is 0.500. The summed E-state index contributed by atoms with van der Waals surface area (Å²) in [6, 6.07) is 1.26. The van der Waals surface area contributed by atoms with E-state index in [0.29, 0.717) is 13.2 Å². The molecule has 0 aliphatic rings. The Bertz CT molecular complexity index is 381. The minimum atomic E-state index is -0.477. The average molecular weight is 200 g/mol. The molecule has 14 heavy (non-hydrogen) atoms. The van der Waals surface area contributed by atoms with E-state index in [-0.39, 0.29) is 6.73 Å². The van der Waals surface area contributed by atoms with Gasteiger partial charge in [0.15, 0.2) is 0 Å². The maximum Gasteiger partial charge on any atom is 0.330 e. The average Bonchev–Trinajstić information content (AvgIpc) is 2.15. The van der Waals surface area contributed by atoms with Gasteiger partial charge in [0, 0.05) is 19.4 Å². The van der Waals surface area contributed by atoms with Crippen molar-refractivity contribution < 1.29 is 9.47 Å². The number of aromatic amines is 1. The van der Waals surface area contributed by atoms with E-state index < -0.39 is 11.2 Å². The van der Waals surface area contributed by atoms with Crippen molar-refractivity contribution in [1.29, 1.82) is 0 Å². The van der Waals surface area contributed by atoms with Crippen molar-refractivity contribution in [3.8, 4) is 0 Å². The zero-order chi connectivity index (χ0) is 10.4. The highest BCUT2D eigenvalue weighted by atomic mass is 16.5. The Morgan fingerprint density at radius 3 is 2.86 bits per heavy atom. The van der Waals surface area contributed by atoms with Gasteiger partial charge in [-0.05, 0) is 0 Å². The van der Waals surface area contributed by atoms with Crippen molar-refractivity contribution in [2.24, 2.45) is 0 Å². The number of hydrogen-bond donors (Lipinski definition) is 1. The van der Waals surface area contributed by atoms with Gasteiger partial charge in [-0.15, -0.1) is 0 Å². The first-order valence-corrected chi connectivity index (χ1v) is 4.10. The number of ether oxygens (including phenoxy) is 2. The Morgan fingerprint density at radius 2 is 2.21 bits per heavy atom. The standard InChI is InChI=1S/C8H12N2O4/c1-13-4-5-14-6-10-3-2-7(11)9-8(10)12/h2-3H,4-6H2,1H3,(H,9,11,12). The summed E-state index contributed by atoms with van der Waals surface area (Å²) in [5, 5.41) is 0. The van der Waals surface area contributed by atoms with E-state index in [2.05, 4.69) is 4.98 Å². The van der Waals surface area contributed by atoms with Crippen LogP contribution < -0.4 is 11.2 Å². The monoisotopic (exact) mass is 200 g/mol. The third-order valence-corrected chi connectivity index (χ3v) is 1.56. The van der Waals surface area contributed by atoms with Gasteiger partial charge in [0.25, 0.3) is 5.56 Å². The predicted octanol–water partition coefficient (Wildman–Crippen LogP) is -0.843. The molecule has 78 valence electrons. The fourth-order valence-corrected chi connectivity index (χ4v) is 0.851. The second-order valence-corrected chi connectivity index (χ2v) is 2.61. The van der Waals surface area contributed by atoms with Gasteiger partial charge in [0.2, 0.25) is 0 Å². The Morgan fingerprint density at radius 1 is 1.43 bits per heavy atom. The van der Waals surface area contributed by atoms with Crippen LogP contribution in [0.4, 0.5) is 0 Å². The highest BCUT2D eigenvalue weighted by Gasteiger charge is 1.95. The number of H-pyrrole nitrogens is 1. The Labute approximate surface area is 80.1 Å². The molecule has 0 fully saturated rings. The number of rotatable bonds is 5. The second kappa shape index (κ2) is 5.36. The first-order chi connectivity index (χ1) is 6.74. The molecule has 0 aliphatic carbocycles. The SMILES string of the molecule is COCCOCn1ccc(=O)[nH]c1=O. The molecule has 0 radical (unpaired) electrons. The summed E-state index contributed by atoms with van der Waals surface area (Å²) in [4.78, 5) is 23.9. The van der Waals surface area contributed by atoms with Crippen LogP contribution in [0.25, 0.3) is 0 Å². The van der Waals surface area contributed by atoms with E-state index in [0.717, 1.165) is 0 Å². The van der Waals surface area contributed by atoms with Crippen LogP contribution in [-0.4, -0.2) is 29.9 Å². The van der Waals surface area contributed by atoms with Crippen LogP contribution in [0.5, 0.6) is 0 Å². The van der Waals surface area contributed by atoms with Crippen molar-refractivity contribution in [3.05, 3.63) is 33.1 Å². The van der Waals surface area contributed by atoms with Gasteiger partial charge in [-0.3, -0.25) is 14.3 Å². The number of nitrogens with zero attached hydrogens (tertiary/aromatic N) is 1. The second-order valence-electron chi connectivity index (χ2n) is 2.61. The summed E-state index contributed by atoms with van der Waals surface area (Å²) >= 11 is 0. The Balaban J connectivity index is 2.51. The fourth-order valence-electron chi connectivity index (χ4n) is 0.851. The van der Waals surface area contributed by atoms with Gasteiger partial charge < -0.3 is 9.47 Å². The molecule has 1 aromatic rings. The summed E-state index contributed by atoms with van der Waals surface area (Å²) in [6.07, 6.45) is 1.38. The van der Waals surface area contributed by atoms with E-state index >= 15 is 0 Å². The molecule has 0 bridgehead atoms. The smallest absolute Gasteiger partial charge is 0.330 e. The molecule has 0 atom stereocenters. The third kappa shape index (κ3) is 3.15. The van der Waals surface area contributed by atoms with Crippen LogP contribution in [0.15, 0.2) is 21.9 Å². The lowest BCUT2D eigenvalue weighted by atomic mass is 10.6. The van der Waals surface area contributed by atoms with Crippen LogP contribution in [0.1, 0.15) is 0 Å². The zero-order valence-corrected chi connectivity index (χ0v) is 7.86. The molecular formula is C8H12N2O4. The van der Waals surface area contributed by atoms with Crippen molar-refractivity contribution >= 4 is 0 Å². The molecule has 6 nitrogen and oxygen atoms in total. The van der Waals surface area contributed by atoms with E-state index in [1.165, 1.54) is 16.8 Å². The molecule has 6 heteroatoms. The van der Waals surface area contributed by atoms with Crippen LogP contribution in [0, 0.1) is 0 Å². The molecule has 0 aliphatic heterocycles. The lowest BCUT2D eigenvalue weighted by molar-refractivity contribution is 0.0320. The van der Waals surface area contributed by atoms with Crippen LogP contribution in [0.3, 0.4) is 0 Å².